The Balaban J connectivity index is 1.64. The molecule has 0 spiro atoms. The summed E-state index contributed by atoms with van der Waals surface area (Å²) in [5.41, 5.74) is 1.62. The number of aromatic nitrogens is 2. The maximum atomic E-state index is 5.40. The van der Waals surface area contributed by atoms with Crippen molar-refractivity contribution in [2.75, 3.05) is 7.05 Å². The van der Waals surface area contributed by atoms with Gasteiger partial charge in [-0.3, -0.25) is 9.88 Å². The largest absolute Gasteiger partial charge is 0.359 e. The molecule has 0 unspecified atom stereocenters. The van der Waals surface area contributed by atoms with E-state index in [1.807, 2.05) is 35.6 Å². The second-order valence-corrected chi connectivity index (χ2v) is 6.45. The normalized spacial score (nSPS) is 11.2. The Bertz CT molecular complexity index is 705. The third-order valence-corrected chi connectivity index (χ3v) is 4.12. The molecular weight excluding hydrogens is 282 g/mol. The third kappa shape index (κ3) is 3.56. The predicted molar refractivity (Wildman–Crippen MR) is 84.0 cm³/mol. The van der Waals surface area contributed by atoms with Gasteiger partial charge in [0.2, 0.25) is 0 Å². The highest BCUT2D eigenvalue weighted by Crippen LogP contribution is 2.20. The minimum Gasteiger partial charge on any atom is -0.359 e. The van der Waals surface area contributed by atoms with Crippen LogP contribution in [-0.4, -0.2) is 22.1 Å². The maximum Gasteiger partial charge on any atom is 0.151 e. The van der Waals surface area contributed by atoms with Gasteiger partial charge in [-0.15, -0.1) is 11.3 Å². The molecule has 5 heteroatoms. The highest BCUT2D eigenvalue weighted by molar-refractivity contribution is 7.11. The molecule has 3 rings (SSSR count). The van der Waals surface area contributed by atoms with E-state index in [1.165, 1.54) is 9.75 Å². The lowest BCUT2D eigenvalue weighted by Crippen LogP contribution is -2.16. The first kappa shape index (κ1) is 14.0. The van der Waals surface area contributed by atoms with Gasteiger partial charge in [-0.25, -0.2) is 0 Å². The molecule has 3 aromatic heterocycles. The number of hydrogen-bond donors (Lipinski definition) is 0. The van der Waals surface area contributed by atoms with Crippen LogP contribution < -0.4 is 0 Å². The second kappa shape index (κ2) is 6.20. The first-order chi connectivity index (χ1) is 10.2. The summed E-state index contributed by atoms with van der Waals surface area (Å²) in [6, 6.07) is 12.1. The van der Waals surface area contributed by atoms with Crippen LogP contribution in [0.25, 0.3) is 11.4 Å². The Morgan fingerprint density at radius 2 is 2.05 bits per heavy atom. The van der Waals surface area contributed by atoms with Crippen LogP contribution in [0.3, 0.4) is 0 Å². The van der Waals surface area contributed by atoms with Gasteiger partial charge in [0.25, 0.3) is 0 Å². The molecule has 0 bridgehead atoms. The lowest BCUT2D eigenvalue weighted by Gasteiger charge is -2.12. The van der Waals surface area contributed by atoms with Gasteiger partial charge < -0.3 is 4.52 Å². The molecule has 0 saturated heterocycles. The van der Waals surface area contributed by atoms with Crippen LogP contribution >= 0.6 is 11.3 Å². The highest BCUT2D eigenvalue weighted by atomic mass is 32.1. The minimum absolute atomic E-state index is 0.733. The van der Waals surface area contributed by atoms with Crippen molar-refractivity contribution in [3.8, 4) is 11.4 Å². The van der Waals surface area contributed by atoms with Crippen molar-refractivity contribution in [2.45, 2.75) is 20.0 Å². The fourth-order valence-corrected chi connectivity index (χ4v) is 3.15. The monoisotopic (exact) mass is 299 g/mol. The van der Waals surface area contributed by atoms with Gasteiger partial charge in [-0.05, 0) is 38.2 Å². The molecule has 0 radical (unpaired) electrons. The van der Waals surface area contributed by atoms with Crippen molar-refractivity contribution in [3.63, 3.8) is 0 Å². The molecule has 0 saturated carbocycles. The van der Waals surface area contributed by atoms with E-state index in [1.54, 1.807) is 6.20 Å². The van der Waals surface area contributed by atoms with Crippen LogP contribution in [0.15, 0.2) is 47.1 Å². The minimum atomic E-state index is 0.733. The summed E-state index contributed by atoms with van der Waals surface area (Å²) in [6.07, 6.45) is 1.76. The third-order valence-electron chi connectivity index (χ3n) is 3.13. The van der Waals surface area contributed by atoms with E-state index in [-0.39, 0.29) is 0 Å². The summed E-state index contributed by atoms with van der Waals surface area (Å²) in [6.45, 7) is 3.78. The van der Waals surface area contributed by atoms with E-state index >= 15 is 0 Å². The zero-order chi connectivity index (χ0) is 14.7. The number of hydrogen-bond acceptors (Lipinski definition) is 5. The van der Waals surface area contributed by atoms with Crippen LogP contribution in [0, 0.1) is 6.92 Å². The standard InChI is InChI=1S/C16H17N3OS/c1-12-6-7-14(21-12)11-19(2)10-13-9-16(18-20-13)15-5-3-4-8-17-15/h3-9H,10-11H2,1-2H3. The molecule has 0 aliphatic carbocycles. The van der Waals surface area contributed by atoms with E-state index in [0.717, 1.165) is 30.2 Å². The maximum absolute atomic E-state index is 5.40. The molecule has 0 atom stereocenters. The van der Waals surface area contributed by atoms with Crippen LogP contribution in [0.5, 0.6) is 0 Å². The van der Waals surface area contributed by atoms with Crippen molar-refractivity contribution in [2.24, 2.45) is 0 Å². The van der Waals surface area contributed by atoms with Gasteiger partial charge in [0.05, 0.1) is 12.2 Å². The van der Waals surface area contributed by atoms with E-state index < -0.39 is 0 Å². The zero-order valence-corrected chi connectivity index (χ0v) is 12.9. The Kier molecular flexibility index (Phi) is 4.13. The summed E-state index contributed by atoms with van der Waals surface area (Å²) in [7, 11) is 2.08. The number of nitrogens with zero attached hydrogens (tertiary/aromatic N) is 3. The number of thiophene rings is 1. The number of pyridine rings is 1. The first-order valence-electron chi connectivity index (χ1n) is 6.81. The lowest BCUT2D eigenvalue weighted by molar-refractivity contribution is 0.268. The summed E-state index contributed by atoms with van der Waals surface area (Å²) in [4.78, 5) is 9.20. The Labute approximate surface area is 128 Å². The Morgan fingerprint density at radius 1 is 1.14 bits per heavy atom. The molecule has 0 aromatic carbocycles. The average molecular weight is 299 g/mol. The van der Waals surface area contributed by atoms with Gasteiger partial charge >= 0.3 is 0 Å². The van der Waals surface area contributed by atoms with Crippen LogP contribution in [0.4, 0.5) is 0 Å². The van der Waals surface area contributed by atoms with Crippen molar-refractivity contribution < 1.29 is 4.52 Å². The molecule has 21 heavy (non-hydrogen) atoms. The van der Waals surface area contributed by atoms with Crippen molar-refractivity contribution >= 4 is 11.3 Å². The Morgan fingerprint density at radius 3 is 2.76 bits per heavy atom. The molecule has 4 nitrogen and oxygen atoms in total. The molecule has 0 N–H and O–H groups in total. The van der Waals surface area contributed by atoms with Crippen LogP contribution in [-0.2, 0) is 13.1 Å². The number of rotatable bonds is 5. The van der Waals surface area contributed by atoms with Gasteiger partial charge in [0.1, 0.15) is 5.69 Å². The quantitative estimate of drug-likeness (QED) is 0.720. The fourth-order valence-electron chi connectivity index (χ4n) is 2.18. The highest BCUT2D eigenvalue weighted by Gasteiger charge is 2.10. The molecular formula is C16H17N3OS. The Hall–Kier alpha value is -1.98. The summed E-state index contributed by atoms with van der Waals surface area (Å²) < 4.78 is 5.40. The molecule has 0 amide bonds. The summed E-state index contributed by atoms with van der Waals surface area (Å²) in [5.74, 6) is 0.853. The molecule has 0 aliphatic rings. The summed E-state index contributed by atoms with van der Waals surface area (Å²) in [5, 5.41) is 4.09. The second-order valence-electron chi connectivity index (χ2n) is 5.08. The van der Waals surface area contributed by atoms with E-state index in [4.69, 9.17) is 4.52 Å². The SMILES string of the molecule is Cc1ccc(CN(C)Cc2cc(-c3ccccn3)no2)s1. The van der Waals surface area contributed by atoms with Crippen molar-refractivity contribution in [1.29, 1.82) is 0 Å². The molecule has 108 valence electrons. The average Bonchev–Trinajstić information content (AvgIpc) is 3.09. The summed E-state index contributed by atoms with van der Waals surface area (Å²) >= 11 is 1.83. The zero-order valence-electron chi connectivity index (χ0n) is 12.1. The number of aryl methyl sites for hydroxylation is 1. The molecule has 0 fully saturated rings. The molecule has 3 aromatic rings. The molecule has 0 aliphatic heterocycles. The van der Waals surface area contributed by atoms with Crippen LogP contribution in [0.2, 0.25) is 0 Å². The van der Waals surface area contributed by atoms with E-state index in [2.05, 4.69) is 41.1 Å². The first-order valence-corrected chi connectivity index (χ1v) is 7.63. The van der Waals surface area contributed by atoms with Crippen molar-refractivity contribution in [3.05, 3.63) is 58.1 Å². The van der Waals surface area contributed by atoms with Gasteiger partial charge in [0, 0.05) is 28.6 Å². The predicted octanol–water partition coefficient (Wildman–Crippen LogP) is 3.74. The van der Waals surface area contributed by atoms with E-state index in [9.17, 15) is 0 Å². The van der Waals surface area contributed by atoms with Gasteiger partial charge in [0.15, 0.2) is 5.76 Å². The van der Waals surface area contributed by atoms with Gasteiger partial charge in [-0.2, -0.15) is 0 Å². The topological polar surface area (TPSA) is 42.2 Å². The van der Waals surface area contributed by atoms with Crippen LogP contribution in [0.1, 0.15) is 15.5 Å². The van der Waals surface area contributed by atoms with Gasteiger partial charge in [-0.1, -0.05) is 11.2 Å². The fraction of sp³-hybridized carbons (Fsp3) is 0.250. The van der Waals surface area contributed by atoms with E-state index in [0.29, 0.717) is 0 Å². The lowest BCUT2D eigenvalue weighted by atomic mass is 10.2. The van der Waals surface area contributed by atoms with Crippen molar-refractivity contribution in [1.82, 2.24) is 15.0 Å². The molecule has 3 heterocycles. The smallest absolute Gasteiger partial charge is 0.151 e.